The van der Waals surface area contributed by atoms with Crippen LogP contribution in [0.2, 0.25) is 0 Å². The number of carbonyl (C=O) groups excluding carboxylic acids is 2. The second kappa shape index (κ2) is 6.27. The maximum atomic E-state index is 11.9. The molecule has 7 nitrogen and oxygen atoms in total. The summed E-state index contributed by atoms with van der Waals surface area (Å²) in [6, 6.07) is 9.98. The molecular formula is C16H14N4O3. The number of urea groups is 1. The number of carbonyl (C=O) groups is 2. The van der Waals surface area contributed by atoms with E-state index in [2.05, 4.69) is 15.5 Å². The molecule has 1 aliphatic rings. The predicted molar refractivity (Wildman–Crippen MR) is 82.7 cm³/mol. The lowest BCUT2D eigenvalue weighted by Gasteiger charge is -2.13. The van der Waals surface area contributed by atoms with Crippen LogP contribution in [-0.2, 0) is 4.74 Å². The maximum Gasteiger partial charge on any atom is 0.339 e. The molecule has 0 fully saturated rings. The summed E-state index contributed by atoms with van der Waals surface area (Å²) in [7, 11) is 0. The fourth-order valence-electron chi connectivity index (χ4n) is 2.43. The summed E-state index contributed by atoms with van der Waals surface area (Å²) in [4.78, 5) is 26.9. The molecule has 1 aliphatic heterocycles. The minimum absolute atomic E-state index is 0.300. The molecule has 0 spiro atoms. The van der Waals surface area contributed by atoms with E-state index in [9.17, 15) is 9.59 Å². The first-order chi connectivity index (χ1) is 11.1. The van der Waals surface area contributed by atoms with Crippen LogP contribution in [0.15, 0.2) is 53.9 Å². The molecule has 0 saturated heterocycles. The van der Waals surface area contributed by atoms with E-state index in [1.807, 2.05) is 12.1 Å². The van der Waals surface area contributed by atoms with Gasteiger partial charge in [0.2, 0.25) is 0 Å². The highest BCUT2D eigenvalue weighted by atomic mass is 16.5. The Labute approximate surface area is 132 Å². The van der Waals surface area contributed by atoms with Crippen LogP contribution < -0.4 is 11.2 Å². The van der Waals surface area contributed by atoms with Crippen molar-refractivity contribution in [2.45, 2.75) is 12.5 Å². The summed E-state index contributed by atoms with van der Waals surface area (Å²) in [6.45, 7) is 0. The minimum atomic E-state index is -0.768. The quantitative estimate of drug-likeness (QED) is 0.509. The van der Waals surface area contributed by atoms with Crippen molar-refractivity contribution in [3.63, 3.8) is 0 Å². The van der Waals surface area contributed by atoms with Crippen molar-refractivity contribution < 1.29 is 14.3 Å². The molecule has 0 aliphatic carbocycles. The van der Waals surface area contributed by atoms with Crippen LogP contribution in [0.3, 0.4) is 0 Å². The number of hydrogen-bond donors (Lipinski definition) is 2. The minimum Gasteiger partial charge on any atom is -0.453 e. The summed E-state index contributed by atoms with van der Waals surface area (Å²) in [5.74, 6) is -0.362. The molecule has 23 heavy (non-hydrogen) atoms. The highest BCUT2D eigenvalue weighted by Crippen LogP contribution is 2.33. The number of esters is 1. The molecule has 7 heteroatoms. The van der Waals surface area contributed by atoms with E-state index in [1.54, 1.807) is 36.7 Å². The fraction of sp³-hybridized carbons (Fsp3) is 0.125. The molecule has 116 valence electrons. The van der Waals surface area contributed by atoms with Gasteiger partial charge in [0.05, 0.1) is 11.3 Å². The highest BCUT2D eigenvalue weighted by Gasteiger charge is 2.31. The van der Waals surface area contributed by atoms with Crippen LogP contribution in [0.1, 0.15) is 34.0 Å². The van der Waals surface area contributed by atoms with Gasteiger partial charge in [-0.3, -0.25) is 4.98 Å². The van der Waals surface area contributed by atoms with Gasteiger partial charge in [-0.25, -0.2) is 15.0 Å². The van der Waals surface area contributed by atoms with Crippen molar-refractivity contribution in [1.29, 1.82) is 0 Å². The van der Waals surface area contributed by atoms with Gasteiger partial charge < -0.3 is 10.5 Å². The third-order valence-corrected chi connectivity index (χ3v) is 3.45. The number of nitrogens with zero attached hydrogens (tertiary/aromatic N) is 2. The lowest BCUT2D eigenvalue weighted by atomic mass is 9.99. The number of hydrogen-bond acceptors (Lipinski definition) is 5. The van der Waals surface area contributed by atoms with Crippen LogP contribution in [-0.4, -0.2) is 22.7 Å². The SMILES string of the molecule is NC(=O)N/N=C(\C[C@H]1OC(=O)c2ccccc21)c1cccnc1. The van der Waals surface area contributed by atoms with Crippen molar-refractivity contribution >= 4 is 17.7 Å². The maximum absolute atomic E-state index is 11.9. The van der Waals surface area contributed by atoms with E-state index >= 15 is 0 Å². The average Bonchev–Trinajstić information content (AvgIpc) is 2.88. The number of fused-ring (bicyclic) bond motifs is 1. The molecule has 0 saturated carbocycles. The number of rotatable bonds is 4. The van der Waals surface area contributed by atoms with E-state index < -0.39 is 12.1 Å². The summed E-state index contributed by atoms with van der Waals surface area (Å²) in [5, 5.41) is 4.02. The number of nitrogens with one attached hydrogen (secondary N) is 1. The second-order valence-electron chi connectivity index (χ2n) is 4.96. The number of ether oxygens (including phenoxy) is 1. The van der Waals surface area contributed by atoms with Crippen molar-refractivity contribution in [3.8, 4) is 0 Å². The standard InChI is InChI=1S/C16H14N4O3/c17-16(22)20-19-13(10-4-3-7-18-9-10)8-14-11-5-1-2-6-12(11)15(21)23-14/h1-7,9,14H,8H2,(H3,17,20,22)/b19-13+/t14-/m1/s1. The molecule has 1 aromatic carbocycles. The Balaban J connectivity index is 1.90. The number of nitrogens with two attached hydrogens (primary N) is 1. The van der Waals surface area contributed by atoms with Crippen molar-refractivity contribution in [2.24, 2.45) is 10.8 Å². The topological polar surface area (TPSA) is 107 Å². The molecule has 2 amide bonds. The first kappa shape index (κ1) is 14.7. The molecule has 0 radical (unpaired) electrons. The summed E-state index contributed by atoms with van der Waals surface area (Å²) < 4.78 is 5.41. The van der Waals surface area contributed by atoms with E-state index in [-0.39, 0.29) is 5.97 Å². The normalized spacial score (nSPS) is 16.6. The van der Waals surface area contributed by atoms with Crippen molar-refractivity contribution in [2.75, 3.05) is 0 Å². The first-order valence-electron chi connectivity index (χ1n) is 6.97. The van der Waals surface area contributed by atoms with Gasteiger partial charge in [-0.1, -0.05) is 24.3 Å². The number of hydrazone groups is 1. The summed E-state index contributed by atoms with van der Waals surface area (Å²) in [5.41, 5.74) is 9.86. The lowest BCUT2D eigenvalue weighted by Crippen LogP contribution is -2.26. The molecule has 0 unspecified atom stereocenters. The third-order valence-electron chi connectivity index (χ3n) is 3.45. The molecule has 2 aromatic rings. The van der Waals surface area contributed by atoms with Gasteiger partial charge in [-0.15, -0.1) is 0 Å². The first-order valence-corrected chi connectivity index (χ1v) is 6.97. The number of cyclic esters (lactones) is 1. The van der Waals surface area contributed by atoms with Gasteiger partial charge in [0.15, 0.2) is 0 Å². The van der Waals surface area contributed by atoms with Gasteiger partial charge in [0.25, 0.3) is 0 Å². The van der Waals surface area contributed by atoms with Gasteiger partial charge in [-0.2, -0.15) is 5.10 Å². The highest BCUT2D eigenvalue weighted by molar-refractivity contribution is 6.02. The number of primary amides is 1. The third kappa shape index (κ3) is 3.18. The zero-order valence-electron chi connectivity index (χ0n) is 12.1. The Morgan fingerprint density at radius 2 is 2.13 bits per heavy atom. The Kier molecular flexibility index (Phi) is 4.01. The van der Waals surface area contributed by atoms with Crippen LogP contribution in [0.4, 0.5) is 4.79 Å². The monoisotopic (exact) mass is 310 g/mol. The predicted octanol–water partition coefficient (Wildman–Crippen LogP) is 1.76. The van der Waals surface area contributed by atoms with Crippen LogP contribution in [0.25, 0.3) is 0 Å². The number of amides is 2. The molecule has 3 N–H and O–H groups in total. The molecular weight excluding hydrogens is 296 g/mol. The number of benzene rings is 1. The Morgan fingerprint density at radius 1 is 1.30 bits per heavy atom. The Hall–Kier alpha value is -3.22. The number of pyridine rings is 1. The Bertz CT molecular complexity index is 774. The van der Waals surface area contributed by atoms with E-state index in [0.717, 1.165) is 5.56 Å². The summed E-state index contributed by atoms with van der Waals surface area (Å²) >= 11 is 0. The zero-order valence-corrected chi connectivity index (χ0v) is 12.1. The van der Waals surface area contributed by atoms with E-state index in [0.29, 0.717) is 23.3 Å². The zero-order chi connectivity index (χ0) is 16.2. The molecule has 3 rings (SSSR count). The summed E-state index contributed by atoms with van der Waals surface area (Å²) in [6.07, 6.45) is 3.08. The van der Waals surface area contributed by atoms with E-state index in [4.69, 9.17) is 10.5 Å². The van der Waals surface area contributed by atoms with Gasteiger partial charge in [0, 0.05) is 29.9 Å². The second-order valence-corrected chi connectivity index (χ2v) is 4.96. The lowest BCUT2D eigenvalue weighted by molar-refractivity contribution is 0.0400. The molecule has 1 atom stereocenters. The van der Waals surface area contributed by atoms with Crippen molar-refractivity contribution in [1.82, 2.24) is 10.4 Å². The number of aromatic nitrogens is 1. The smallest absolute Gasteiger partial charge is 0.339 e. The van der Waals surface area contributed by atoms with Crippen molar-refractivity contribution in [3.05, 3.63) is 65.5 Å². The van der Waals surface area contributed by atoms with E-state index in [1.165, 1.54) is 0 Å². The van der Waals surface area contributed by atoms with Crippen LogP contribution >= 0.6 is 0 Å². The largest absolute Gasteiger partial charge is 0.453 e. The molecule has 0 bridgehead atoms. The average molecular weight is 310 g/mol. The van der Waals surface area contributed by atoms with Gasteiger partial charge in [0.1, 0.15) is 6.10 Å². The van der Waals surface area contributed by atoms with Gasteiger partial charge in [-0.05, 0) is 12.1 Å². The molecule has 1 aromatic heterocycles. The van der Waals surface area contributed by atoms with Gasteiger partial charge >= 0.3 is 12.0 Å². The van der Waals surface area contributed by atoms with Crippen LogP contribution in [0, 0.1) is 0 Å². The fourth-order valence-corrected chi connectivity index (χ4v) is 2.43. The molecule has 2 heterocycles. The van der Waals surface area contributed by atoms with Crippen LogP contribution in [0.5, 0.6) is 0 Å². The Morgan fingerprint density at radius 3 is 2.87 bits per heavy atom.